The van der Waals surface area contributed by atoms with E-state index in [2.05, 4.69) is 18.2 Å². The van der Waals surface area contributed by atoms with Crippen molar-refractivity contribution < 1.29 is 19.3 Å². The van der Waals surface area contributed by atoms with Crippen LogP contribution in [0.3, 0.4) is 0 Å². The zero-order valence-corrected chi connectivity index (χ0v) is 13.9. The van der Waals surface area contributed by atoms with Crippen LogP contribution >= 0.6 is 0 Å². The number of aliphatic hydroxyl groups excluding tert-OH is 1. The molecule has 2 unspecified atom stereocenters. The molecule has 2 aromatic carbocycles. The van der Waals surface area contributed by atoms with Gasteiger partial charge in [-0.1, -0.05) is 18.2 Å². The molecule has 126 valence electrons. The summed E-state index contributed by atoms with van der Waals surface area (Å²) >= 11 is 0. The third kappa shape index (κ3) is 2.38. The molecule has 4 rings (SSSR count). The van der Waals surface area contributed by atoms with Crippen molar-refractivity contribution in [2.24, 2.45) is 5.92 Å². The Bertz CT molecular complexity index is 725. The highest BCUT2D eigenvalue weighted by Crippen LogP contribution is 2.53. The van der Waals surface area contributed by atoms with Crippen LogP contribution in [-0.2, 0) is 4.74 Å². The van der Waals surface area contributed by atoms with Gasteiger partial charge in [0.1, 0.15) is 11.5 Å². The molecule has 1 fully saturated rings. The predicted molar refractivity (Wildman–Crippen MR) is 90.7 cm³/mol. The topological polar surface area (TPSA) is 47.9 Å². The second-order valence-corrected chi connectivity index (χ2v) is 6.55. The lowest BCUT2D eigenvalue weighted by Gasteiger charge is -2.38. The summed E-state index contributed by atoms with van der Waals surface area (Å²) in [7, 11) is 3.33. The van der Waals surface area contributed by atoms with Crippen LogP contribution in [0, 0.1) is 5.92 Å². The minimum atomic E-state index is -0.540. The Balaban J connectivity index is 1.78. The number of ether oxygens (including phenoxy) is 3. The number of methoxy groups -OCH3 is 2. The van der Waals surface area contributed by atoms with Gasteiger partial charge < -0.3 is 19.3 Å². The van der Waals surface area contributed by atoms with Crippen LogP contribution in [0.2, 0.25) is 0 Å². The van der Waals surface area contributed by atoms with E-state index in [1.54, 1.807) is 14.2 Å². The molecular weight excluding hydrogens is 304 g/mol. The fourth-order valence-electron chi connectivity index (χ4n) is 4.20. The van der Waals surface area contributed by atoms with Crippen molar-refractivity contribution in [2.75, 3.05) is 27.4 Å². The molecule has 1 heterocycles. The number of rotatable bonds is 3. The first kappa shape index (κ1) is 15.5. The number of hydrogen-bond donors (Lipinski definition) is 1. The Morgan fingerprint density at radius 1 is 0.917 bits per heavy atom. The van der Waals surface area contributed by atoms with E-state index in [9.17, 15) is 5.11 Å². The van der Waals surface area contributed by atoms with Crippen LogP contribution in [0.25, 0.3) is 0 Å². The first-order valence-corrected chi connectivity index (χ1v) is 8.30. The molecule has 0 aromatic heterocycles. The summed E-state index contributed by atoms with van der Waals surface area (Å²) in [6.07, 6.45) is -0.540. The molecular formula is C20H22O4. The largest absolute Gasteiger partial charge is 0.497 e. The van der Waals surface area contributed by atoms with Gasteiger partial charge in [0, 0.05) is 17.8 Å². The van der Waals surface area contributed by atoms with E-state index in [0.717, 1.165) is 28.2 Å². The molecule has 0 radical (unpaired) electrons. The highest BCUT2D eigenvalue weighted by Gasteiger charge is 2.45. The lowest BCUT2D eigenvalue weighted by Crippen LogP contribution is -2.31. The summed E-state index contributed by atoms with van der Waals surface area (Å²) in [6.45, 7) is 1.37. The van der Waals surface area contributed by atoms with E-state index in [4.69, 9.17) is 14.2 Å². The normalized spacial score (nSPS) is 28.1. The number of fused-ring (bicyclic) bond motifs is 3. The molecule has 0 bridgehead atoms. The van der Waals surface area contributed by atoms with Crippen molar-refractivity contribution in [3.63, 3.8) is 0 Å². The molecule has 2 aromatic rings. The quantitative estimate of drug-likeness (QED) is 0.940. The number of hydrogen-bond acceptors (Lipinski definition) is 4. The second kappa shape index (κ2) is 6.11. The molecule has 0 saturated carbocycles. The van der Waals surface area contributed by atoms with Crippen molar-refractivity contribution in [1.82, 2.24) is 0 Å². The van der Waals surface area contributed by atoms with E-state index < -0.39 is 6.10 Å². The van der Waals surface area contributed by atoms with E-state index in [1.807, 2.05) is 24.3 Å². The van der Waals surface area contributed by atoms with Crippen molar-refractivity contribution in [3.8, 4) is 11.5 Å². The fraction of sp³-hybridized carbons (Fsp3) is 0.400. The SMILES string of the molecule is COc1ccc(C2C(O)c3ccc(OC)cc3[C@@H]3COC[C@H]23)cc1. The van der Waals surface area contributed by atoms with Gasteiger partial charge in [0.05, 0.1) is 33.5 Å². The van der Waals surface area contributed by atoms with Gasteiger partial charge in [-0.2, -0.15) is 0 Å². The van der Waals surface area contributed by atoms with Crippen LogP contribution in [0.1, 0.15) is 34.6 Å². The van der Waals surface area contributed by atoms with Crippen LogP contribution in [0.15, 0.2) is 42.5 Å². The first-order valence-electron chi connectivity index (χ1n) is 8.30. The van der Waals surface area contributed by atoms with Crippen LogP contribution in [0.4, 0.5) is 0 Å². The maximum absolute atomic E-state index is 11.1. The molecule has 4 atom stereocenters. The van der Waals surface area contributed by atoms with Gasteiger partial charge in [0.2, 0.25) is 0 Å². The van der Waals surface area contributed by atoms with E-state index in [1.165, 1.54) is 0 Å². The van der Waals surface area contributed by atoms with Gasteiger partial charge in [-0.25, -0.2) is 0 Å². The van der Waals surface area contributed by atoms with E-state index in [-0.39, 0.29) is 11.8 Å². The Morgan fingerprint density at radius 2 is 1.62 bits per heavy atom. The Kier molecular flexibility index (Phi) is 3.94. The van der Waals surface area contributed by atoms with Gasteiger partial charge in [0.15, 0.2) is 0 Å². The maximum atomic E-state index is 11.1. The summed E-state index contributed by atoms with van der Waals surface area (Å²) in [5.74, 6) is 2.26. The molecule has 1 aliphatic carbocycles. The van der Waals surface area contributed by atoms with Crippen molar-refractivity contribution in [3.05, 3.63) is 59.2 Å². The van der Waals surface area contributed by atoms with Crippen LogP contribution in [0.5, 0.6) is 11.5 Å². The summed E-state index contributed by atoms with van der Waals surface area (Å²) in [5.41, 5.74) is 3.28. The van der Waals surface area contributed by atoms with Crippen molar-refractivity contribution >= 4 is 0 Å². The fourth-order valence-corrected chi connectivity index (χ4v) is 4.20. The summed E-state index contributed by atoms with van der Waals surface area (Å²) in [6, 6.07) is 14.0. The molecule has 4 heteroatoms. The highest BCUT2D eigenvalue weighted by atomic mass is 16.5. The van der Waals surface area contributed by atoms with Crippen LogP contribution in [-0.4, -0.2) is 32.5 Å². The van der Waals surface area contributed by atoms with Crippen molar-refractivity contribution in [1.29, 1.82) is 0 Å². The molecule has 1 aliphatic heterocycles. The predicted octanol–water partition coefficient (Wildman–Crippen LogP) is 3.26. The molecule has 24 heavy (non-hydrogen) atoms. The second-order valence-electron chi connectivity index (χ2n) is 6.55. The van der Waals surface area contributed by atoms with Gasteiger partial charge in [-0.3, -0.25) is 0 Å². The smallest absolute Gasteiger partial charge is 0.119 e. The van der Waals surface area contributed by atoms with Gasteiger partial charge in [-0.15, -0.1) is 0 Å². The van der Waals surface area contributed by atoms with Gasteiger partial charge >= 0.3 is 0 Å². The third-order valence-electron chi connectivity index (χ3n) is 5.44. The monoisotopic (exact) mass is 326 g/mol. The molecule has 1 saturated heterocycles. The van der Waals surface area contributed by atoms with E-state index >= 15 is 0 Å². The zero-order valence-electron chi connectivity index (χ0n) is 13.9. The maximum Gasteiger partial charge on any atom is 0.119 e. The lowest BCUT2D eigenvalue weighted by molar-refractivity contribution is 0.0932. The van der Waals surface area contributed by atoms with E-state index in [0.29, 0.717) is 19.1 Å². The Labute approximate surface area is 142 Å². The first-order chi connectivity index (χ1) is 11.7. The number of benzene rings is 2. The summed E-state index contributed by atoms with van der Waals surface area (Å²) in [4.78, 5) is 0. The standard InChI is InChI=1S/C20H22O4/c1-22-13-5-3-12(4-6-13)19-18-11-24-10-17(18)16-9-14(23-2)7-8-15(16)20(19)21/h3-9,17-21H,10-11H2,1-2H3/t17-,18-,19?,20?/m0/s1. The Morgan fingerprint density at radius 3 is 2.33 bits per heavy atom. The molecule has 0 amide bonds. The van der Waals surface area contributed by atoms with Crippen molar-refractivity contribution in [2.45, 2.75) is 17.9 Å². The van der Waals surface area contributed by atoms with Gasteiger partial charge in [0.25, 0.3) is 0 Å². The highest BCUT2D eigenvalue weighted by molar-refractivity contribution is 5.45. The average Bonchev–Trinajstić information content (AvgIpc) is 3.11. The minimum absolute atomic E-state index is 0.0318. The average molecular weight is 326 g/mol. The Hall–Kier alpha value is -2.04. The molecule has 2 aliphatic rings. The summed E-state index contributed by atoms with van der Waals surface area (Å²) < 4.78 is 16.4. The molecule has 0 spiro atoms. The lowest BCUT2D eigenvalue weighted by atomic mass is 9.66. The molecule has 4 nitrogen and oxygen atoms in total. The number of aliphatic hydroxyl groups is 1. The van der Waals surface area contributed by atoms with Crippen LogP contribution < -0.4 is 9.47 Å². The zero-order chi connectivity index (χ0) is 16.7. The molecule has 1 N–H and O–H groups in total. The minimum Gasteiger partial charge on any atom is -0.497 e. The summed E-state index contributed by atoms with van der Waals surface area (Å²) in [5, 5.41) is 11.1. The van der Waals surface area contributed by atoms with Gasteiger partial charge in [-0.05, 0) is 41.0 Å². The third-order valence-corrected chi connectivity index (χ3v) is 5.44.